The molecule has 60 valence electrons. The lowest BCUT2D eigenvalue weighted by Crippen LogP contribution is -2.27. The van der Waals surface area contributed by atoms with Crippen molar-refractivity contribution < 1.29 is 0 Å². The van der Waals surface area contributed by atoms with Gasteiger partial charge in [-0.1, -0.05) is 12.3 Å². The summed E-state index contributed by atoms with van der Waals surface area (Å²) in [4.78, 5) is 0. The summed E-state index contributed by atoms with van der Waals surface area (Å²) in [6.45, 7) is 0. The molecular formula is C10H15N. The standard InChI is InChI=1S/C10H15N/c1-3-9(11-2)10-7-5-4-6-8(7)10/h1,7-11H,4-6H2,2H3. The zero-order valence-corrected chi connectivity index (χ0v) is 7.01. The second-order valence-electron chi connectivity index (χ2n) is 3.77. The van der Waals surface area contributed by atoms with Gasteiger partial charge in [-0.15, -0.1) is 6.42 Å². The van der Waals surface area contributed by atoms with Crippen LogP contribution in [0.3, 0.4) is 0 Å². The summed E-state index contributed by atoms with van der Waals surface area (Å²) in [6.07, 6.45) is 9.70. The summed E-state index contributed by atoms with van der Waals surface area (Å²) >= 11 is 0. The predicted molar refractivity (Wildman–Crippen MR) is 46.0 cm³/mol. The first-order valence-electron chi connectivity index (χ1n) is 4.52. The molecule has 1 N–H and O–H groups in total. The fraction of sp³-hybridized carbons (Fsp3) is 0.800. The van der Waals surface area contributed by atoms with Crippen molar-refractivity contribution in [3.05, 3.63) is 0 Å². The van der Waals surface area contributed by atoms with E-state index in [2.05, 4.69) is 11.2 Å². The van der Waals surface area contributed by atoms with Crippen molar-refractivity contribution in [3.8, 4) is 12.3 Å². The minimum Gasteiger partial charge on any atom is -0.307 e. The molecule has 0 radical (unpaired) electrons. The van der Waals surface area contributed by atoms with Crippen LogP contribution in [0.2, 0.25) is 0 Å². The molecule has 0 aromatic carbocycles. The van der Waals surface area contributed by atoms with Crippen LogP contribution in [0.25, 0.3) is 0 Å². The van der Waals surface area contributed by atoms with E-state index >= 15 is 0 Å². The Bertz CT molecular complexity index is 182. The van der Waals surface area contributed by atoms with Crippen LogP contribution in [0.5, 0.6) is 0 Å². The number of fused-ring (bicyclic) bond motifs is 1. The van der Waals surface area contributed by atoms with Gasteiger partial charge in [0.15, 0.2) is 0 Å². The first-order valence-corrected chi connectivity index (χ1v) is 4.52. The molecule has 0 aliphatic heterocycles. The highest BCUT2D eigenvalue weighted by molar-refractivity contribution is 5.14. The molecule has 2 aliphatic carbocycles. The second-order valence-corrected chi connectivity index (χ2v) is 3.77. The third-order valence-electron chi connectivity index (χ3n) is 3.35. The largest absolute Gasteiger partial charge is 0.307 e. The molecule has 0 saturated heterocycles. The van der Waals surface area contributed by atoms with Crippen LogP contribution in [0, 0.1) is 30.1 Å². The molecule has 1 nitrogen and oxygen atoms in total. The van der Waals surface area contributed by atoms with Crippen LogP contribution in [-0.4, -0.2) is 13.1 Å². The van der Waals surface area contributed by atoms with Crippen molar-refractivity contribution in [2.24, 2.45) is 17.8 Å². The van der Waals surface area contributed by atoms with Gasteiger partial charge >= 0.3 is 0 Å². The van der Waals surface area contributed by atoms with Crippen molar-refractivity contribution in [1.82, 2.24) is 5.32 Å². The fourth-order valence-corrected chi connectivity index (χ4v) is 2.76. The quantitative estimate of drug-likeness (QED) is 0.583. The van der Waals surface area contributed by atoms with Crippen LogP contribution in [0.4, 0.5) is 0 Å². The normalized spacial score (nSPS) is 42.7. The highest BCUT2D eigenvalue weighted by Gasteiger charge is 2.55. The summed E-state index contributed by atoms with van der Waals surface area (Å²) in [6, 6.07) is 0.352. The molecule has 2 fully saturated rings. The minimum atomic E-state index is 0.352. The van der Waals surface area contributed by atoms with Gasteiger partial charge in [-0.2, -0.15) is 0 Å². The summed E-state index contributed by atoms with van der Waals surface area (Å²) in [7, 11) is 1.97. The van der Waals surface area contributed by atoms with Crippen LogP contribution in [0.15, 0.2) is 0 Å². The molecule has 0 amide bonds. The van der Waals surface area contributed by atoms with Gasteiger partial charge in [0.2, 0.25) is 0 Å². The molecule has 3 atom stereocenters. The molecule has 0 heterocycles. The Labute approximate surface area is 68.6 Å². The minimum absolute atomic E-state index is 0.352. The van der Waals surface area contributed by atoms with E-state index in [9.17, 15) is 0 Å². The van der Waals surface area contributed by atoms with Gasteiger partial charge in [0.05, 0.1) is 6.04 Å². The van der Waals surface area contributed by atoms with Crippen molar-refractivity contribution in [2.45, 2.75) is 25.3 Å². The van der Waals surface area contributed by atoms with E-state index in [1.807, 2.05) is 7.05 Å². The Kier molecular flexibility index (Phi) is 1.65. The maximum Gasteiger partial charge on any atom is 0.0718 e. The van der Waals surface area contributed by atoms with E-state index in [1.54, 1.807) is 0 Å². The van der Waals surface area contributed by atoms with Crippen molar-refractivity contribution >= 4 is 0 Å². The molecule has 0 bridgehead atoms. The first kappa shape index (κ1) is 7.18. The van der Waals surface area contributed by atoms with E-state index in [-0.39, 0.29) is 0 Å². The summed E-state index contributed by atoms with van der Waals surface area (Å²) < 4.78 is 0. The molecule has 2 rings (SSSR count). The smallest absolute Gasteiger partial charge is 0.0718 e. The SMILES string of the molecule is C#CC(NC)C1C2CCCC21. The first-order chi connectivity index (χ1) is 5.38. The monoisotopic (exact) mass is 149 g/mol. The van der Waals surface area contributed by atoms with Crippen LogP contribution < -0.4 is 5.32 Å². The summed E-state index contributed by atoms with van der Waals surface area (Å²) in [5.41, 5.74) is 0. The summed E-state index contributed by atoms with van der Waals surface area (Å²) in [5.74, 6) is 5.60. The van der Waals surface area contributed by atoms with Gasteiger partial charge in [0, 0.05) is 0 Å². The van der Waals surface area contributed by atoms with Gasteiger partial charge < -0.3 is 5.32 Å². The molecular weight excluding hydrogens is 134 g/mol. The van der Waals surface area contributed by atoms with Crippen LogP contribution in [-0.2, 0) is 0 Å². The van der Waals surface area contributed by atoms with Crippen LogP contribution >= 0.6 is 0 Å². The molecule has 2 aliphatic rings. The van der Waals surface area contributed by atoms with Crippen LogP contribution in [0.1, 0.15) is 19.3 Å². The summed E-state index contributed by atoms with van der Waals surface area (Å²) in [5, 5.41) is 3.21. The number of hydrogen-bond donors (Lipinski definition) is 1. The molecule has 2 saturated carbocycles. The number of terminal acetylenes is 1. The van der Waals surface area contributed by atoms with Gasteiger partial charge in [0.1, 0.15) is 0 Å². The maximum atomic E-state index is 5.41. The third kappa shape index (κ3) is 0.973. The van der Waals surface area contributed by atoms with E-state index in [0.29, 0.717) is 6.04 Å². The van der Waals surface area contributed by atoms with Gasteiger partial charge in [-0.25, -0.2) is 0 Å². The van der Waals surface area contributed by atoms with Crippen molar-refractivity contribution in [3.63, 3.8) is 0 Å². The molecule has 0 aromatic heterocycles. The molecule has 1 heteroatoms. The van der Waals surface area contributed by atoms with E-state index in [0.717, 1.165) is 17.8 Å². The lowest BCUT2D eigenvalue weighted by Gasteiger charge is -2.10. The maximum absolute atomic E-state index is 5.41. The number of nitrogens with one attached hydrogen (secondary N) is 1. The lowest BCUT2D eigenvalue weighted by atomic mass is 10.1. The van der Waals surface area contributed by atoms with Gasteiger partial charge in [-0.3, -0.25) is 0 Å². The highest BCUT2D eigenvalue weighted by Crippen LogP contribution is 2.58. The molecule has 11 heavy (non-hydrogen) atoms. The Hall–Kier alpha value is -0.480. The molecule has 3 unspecified atom stereocenters. The third-order valence-corrected chi connectivity index (χ3v) is 3.35. The van der Waals surface area contributed by atoms with Crippen molar-refractivity contribution in [2.75, 3.05) is 7.05 Å². The lowest BCUT2D eigenvalue weighted by molar-refractivity contribution is 0.502. The molecule has 0 spiro atoms. The van der Waals surface area contributed by atoms with E-state index < -0.39 is 0 Å². The Balaban J connectivity index is 1.95. The number of hydrogen-bond acceptors (Lipinski definition) is 1. The van der Waals surface area contributed by atoms with Crippen molar-refractivity contribution in [1.29, 1.82) is 0 Å². The van der Waals surface area contributed by atoms with E-state index in [4.69, 9.17) is 6.42 Å². The Morgan fingerprint density at radius 1 is 1.45 bits per heavy atom. The van der Waals surface area contributed by atoms with Gasteiger partial charge in [-0.05, 0) is 37.6 Å². The Morgan fingerprint density at radius 2 is 2.09 bits per heavy atom. The topological polar surface area (TPSA) is 12.0 Å². The highest BCUT2D eigenvalue weighted by atomic mass is 14.9. The average molecular weight is 149 g/mol. The molecule has 0 aromatic rings. The fourth-order valence-electron chi connectivity index (χ4n) is 2.76. The average Bonchev–Trinajstić information content (AvgIpc) is 2.54. The van der Waals surface area contributed by atoms with E-state index in [1.165, 1.54) is 19.3 Å². The predicted octanol–water partition coefficient (Wildman–Crippen LogP) is 1.25. The van der Waals surface area contributed by atoms with Gasteiger partial charge in [0.25, 0.3) is 0 Å². The zero-order valence-electron chi connectivity index (χ0n) is 7.01. The zero-order chi connectivity index (χ0) is 7.84. The Morgan fingerprint density at radius 3 is 2.55 bits per heavy atom. The second kappa shape index (κ2) is 2.53. The number of rotatable bonds is 2.